The van der Waals surface area contributed by atoms with Crippen LogP contribution in [0.15, 0.2) is 23.1 Å². The van der Waals surface area contributed by atoms with Gasteiger partial charge in [0.05, 0.1) is 11.6 Å². The van der Waals surface area contributed by atoms with E-state index in [-0.39, 0.29) is 23.0 Å². The summed E-state index contributed by atoms with van der Waals surface area (Å²) in [5, 5.41) is 9.64. The Hall–Kier alpha value is -3.20. The summed E-state index contributed by atoms with van der Waals surface area (Å²) in [5.41, 5.74) is 1.00. The van der Waals surface area contributed by atoms with Crippen molar-refractivity contribution < 1.29 is 23.8 Å². The van der Waals surface area contributed by atoms with Crippen LogP contribution in [0.25, 0.3) is 21.3 Å². The molecule has 2 aliphatic carbocycles. The number of rotatable bonds is 4. The second kappa shape index (κ2) is 8.97. The van der Waals surface area contributed by atoms with Crippen molar-refractivity contribution in [3.05, 3.63) is 55.9 Å². The van der Waals surface area contributed by atoms with E-state index in [1.165, 1.54) is 23.6 Å². The molecule has 7 nitrogen and oxygen atoms in total. The SMILES string of the molecule is Cc1c(-c2cc3c(s2)CCCC3N(C)C(=O)OC(C)(C)C)c(F)cc2c(=O)c(C(=O)O)cn(C3CC3)c12. The number of aromatic nitrogens is 1. The average Bonchev–Trinajstić information content (AvgIpc) is 3.56. The fraction of sp³-hybridized carbons (Fsp3) is 0.464. The summed E-state index contributed by atoms with van der Waals surface area (Å²) >= 11 is 1.51. The Morgan fingerprint density at radius 3 is 2.54 bits per heavy atom. The molecular weight excluding hydrogens is 495 g/mol. The van der Waals surface area contributed by atoms with Crippen LogP contribution in [0.2, 0.25) is 0 Å². The summed E-state index contributed by atoms with van der Waals surface area (Å²) in [6.45, 7) is 7.29. The number of amides is 1. The molecule has 1 atom stereocenters. The second-order valence-corrected chi connectivity index (χ2v) is 12.2. The van der Waals surface area contributed by atoms with E-state index in [1.54, 1.807) is 18.9 Å². The number of halogens is 1. The van der Waals surface area contributed by atoms with Crippen LogP contribution in [0.5, 0.6) is 0 Å². The highest BCUT2D eigenvalue weighted by atomic mass is 32.1. The minimum absolute atomic E-state index is 0.0920. The monoisotopic (exact) mass is 526 g/mol. The molecular formula is C28H31FN2O5S. The summed E-state index contributed by atoms with van der Waals surface area (Å²) in [6.07, 6.45) is 5.32. The van der Waals surface area contributed by atoms with Crippen molar-refractivity contribution in [2.45, 2.75) is 77.5 Å². The molecule has 5 rings (SSSR count). The van der Waals surface area contributed by atoms with Crippen molar-refractivity contribution >= 4 is 34.3 Å². The summed E-state index contributed by atoms with van der Waals surface area (Å²) in [4.78, 5) is 40.9. The molecule has 2 heterocycles. The van der Waals surface area contributed by atoms with Crippen LogP contribution in [-0.2, 0) is 11.2 Å². The molecule has 1 amide bonds. The quantitative estimate of drug-likeness (QED) is 0.422. The third-order valence-corrected chi connectivity index (χ3v) is 8.39. The predicted molar refractivity (Wildman–Crippen MR) is 141 cm³/mol. The van der Waals surface area contributed by atoms with Crippen molar-refractivity contribution in [2.75, 3.05) is 7.05 Å². The van der Waals surface area contributed by atoms with Gasteiger partial charge in [0.15, 0.2) is 0 Å². The first-order valence-corrected chi connectivity index (χ1v) is 13.4. The van der Waals surface area contributed by atoms with Gasteiger partial charge in [-0.3, -0.25) is 4.79 Å². The largest absolute Gasteiger partial charge is 0.477 e. The van der Waals surface area contributed by atoms with Crippen LogP contribution in [0.3, 0.4) is 0 Å². The van der Waals surface area contributed by atoms with Gasteiger partial charge in [-0.05, 0) is 83.1 Å². The molecule has 0 aliphatic heterocycles. The number of carbonyl (C=O) groups excluding carboxylic acids is 1. The number of fused-ring (bicyclic) bond motifs is 2. The standard InChI is InChI=1S/C28H31FN2O5S/c1-14-23(19(29)11-17-24(14)31(15-9-10-15)13-18(25(17)32)26(33)34)22-12-16-20(7-6-8-21(16)37-22)30(5)27(35)36-28(2,3)4/h11-13,15,20H,6-10H2,1-5H3,(H,33,34). The number of hydrogen-bond acceptors (Lipinski definition) is 5. The fourth-order valence-corrected chi connectivity index (χ4v) is 6.66. The highest BCUT2D eigenvalue weighted by molar-refractivity contribution is 7.15. The molecule has 0 spiro atoms. The van der Waals surface area contributed by atoms with Gasteiger partial charge in [-0.1, -0.05) is 0 Å². The van der Waals surface area contributed by atoms with E-state index in [0.29, 0.717) is 16.6 Å². The van der Waals surface area contributed by atoms with Gasteiger partial charge in [0.1, 0.15) is 17.0 Å². The normalized spacial score (nSPS) is 17.5. The first kappa shape index (κ1) is 25.4. The zero-order valence-electron chi connectivity index (χ0n) is 21.7. The number of carboxylic acids is 1. The number of carbonyl (C=O) groups is 2. The van der Waals surface area contributed by atoms with Crippen molar-refractivity contribution in [3.8, 4) is 10.4 Å². The zero-order chi connectivity index (χ0) is 26.8. The average molecular weight is 527 g/mol. The lowest BCUT2D eigenvalue weighted by molar-refractivity contribution is 0.0205. The van der Waals surface area contributed by atoms with Crippen molar-refractivity contribution in [2.24, 2.45) is 0 Å². The lowest BCUT2D eigenvalue weighted by atomic mass is 9.92. The Labute approximate surface area is 218 Å². The van der Waals surface area contributed by atoms with E-state index in [0.717, 1.165) is 47.4 Å². The summed E-state index contributed by atoms with van der Waals surface area (Å²) in [6, 6.07) is 3.08. The topological polar surface area (TPSA) is 88.8 Å². The number of carboxylic acid groups (broad SMARTS) is 1. The number of aryl methyl sites for hydroxylation is 2. The number of nitrogens with zero attached hydrogens (tertiary/aromatic N) is 2. The van der Waals surface area contributed by atoms with Gasteiger partial charge in [0.25, 0.3) is 0 Å². The van der Waals surface area contributed by atoms with E-state index in [1.807, 2.05) is 31.4 Å². The third kappa shape index (κ3) is 4.54. The zero-order valence-corrected chi connectivity index (χ0v) is 22.5. The third-order valence-electron chi connectivity index (χ3n) is 7.16. The van der Waals surface area contributed by atoms with Gasteiger partial charge in [0.2, 0.25) is 5.43 Å². The summed E-state index contributed by atoms with van der Waals surface area (Å²) < 4.78 is 23.1. The Morgan fingerprint density at radius 2 is 1.92 bits per heavy atom. The van der Waals surface area contributed by atoms with Gasteiger partial charge in [-0.25, -0.2) is 14.0 Å². The smallest absolute Gasteiger partial charge is 0.410 e. The molecule has 0 saturated heterocycles. The van der Waals surface area contributed by atoms with Gasteiger partial charge in [-0.15, -0.1) is 11.3 Å². The maximum absolute atomic E-state index is 15.7. The highest BCUT2D eigenvalue weighted by Gasteiger charge is 2.33. The molecule has 37 heavy (non-hydrogen) atoms. The first-order chi connectivity index (χ1) is 17.4. The van der Waals surface area contributed by atoms with Gasteiger partial charge >= 0.3 is 12.1 Å². The highest BCUT2D eigenvalue weighted by Crippen LogP contribution is 2.45. The number of thiophene rings is 1. The molecule has 1 N–H and O–H groups in total. The number of aromatic carboxylic acids is 1. The number of ether oxygens (including phenoxy) is 1. The van der Waals surface area contributed by atoms with Gasteiger partial charge in [0, 0.05) is 40.0 Å². The lowest BCUT2D eigenvalue weighted by Crippen LogP contribution is -2.37. The van der Waals surface area contributed by atoms with E-state index < -0.39 is 28.9 Å². The lowest BCUT2D eigenvalue weighted by Gasteiger charge is -2.33. The Kier molecular flexibility index (Phi) is 6.17. The van der Waals surface area contributed by atoms with E-state index in [2.05, 4.69) is 0 Å². The first-order valence-electron chi connectivity index (χ1n) is 12.6. The Bertz CT molecular complexity index is 1500. The van der Waals surface area contributed by atoms with Crippen LogP contribution < -0.4 is 5.43 Å². The summed E-state index contributed by atoms with van der Waals surface area (Å²) in [7, 11) is 1.74. The van der Waals surface area contributed by atoms with Crippen LogP contribution in [0.1, 0.15) is 84.9 Å². The minimum atomic E-state index is -1.31. The minimum Gasteiger partial charge on any atom is -0.477 e. The number of pyridine rings is 1. The van der Waals surface area contributed by atoms with Gasteiger partial charge < -0.3 is 19.3 Å². The van der Waals surface area contributed by atoms with Gasteiger partial charge in [-0.2, -0.15) is 0 Å². The molecule has 0 radical (unpaired) electrons. The molecule has 3 aromatic rings. The van der Waals surface area contributed by atoms with E-state index in [9.17, 15) is 19.5 Å². The van der Waals surface area contributed by atoms with Crippen LogP contribution in [-0.4, -0.2) is 39.3 Å². The molecule has 1 saturated carbocycles. The van der Waals surface area contributed by atoms with Crippen LogP contribution in [0.4, 0.5) is 9.18 Å². The predicted octanol–water partition coefficient (Wildman–Crippen LogP) is 6.45. The molecule has 2 aliphatic rings. The summed E-state index contributed by atoms with van der Waals surface area (Å²) in [5.74, 6) is -1.86. The molecule has 1 fully saturated rings. The number of hydrogen-bond donors (Lipinski definition) is 1. The Morgan fingerprint density at radius 1 is 1.22 bits per heavy atom. The maximum atomic E-state index is 15.7. The fourth-order valence-electron chi connectivity index (χ4n) is 5.29. The van der Waals surface area contributed by atoms with E-state index >= 15 is 4.39 Å². The molecule has 2 aromatic heterocycles. The maximum Gasteiger partial charge on any atom is 0.410 e. The molecule has 196 valence electrons. The van der Waals surface area contributed by atoms with Crippen molar-refractivity contribution in [1.29, 1.82) is 0 Å². The molecule has 1 unspecified atom stereocenters. The molecule has 0 bridgehead atoms. The van der Waals surface area contributed by atoms with Crippen LogP contribution in [0, 0.1) is 12.7 Å². The number of benzene rings is 1. The van der Waals surface area contributed by atoms with E-state index in [4.69, 9.17) is 4.74 Å². The van der Waals surface area contributed by atoms with Crippen molar-refractivity contribution in [3.63, 3.8) is 0 Å². The molecule has 9 heteroatoms. The van der Waals surface area contributed by atoms with Crippen LogP contribution >= 0.6 is 11.3 Å². The molecule has 1 aromatic carbocycles. The Balaban J connectivity index is 1.63. The second-order valence-electron chi connectivity index (χ2n) is 11.1. The van der Waals surface area contributed by atoms with Crippen molar-refractivity contribution in [1.82, 2.24) is 9.47 Å².